The van der Waals surface area contributed by atoms with Crippen LogP contribution in [0, 0.1) is 6.92 Å². The van der Waals surface area contributed by atoms with Gasteiger partial charge in [-0.1, -0.05) is 18.2 Å². The molecule has 0 bridgehead atoms. The van der Waals surface area contributed by atoms with Crippen molar-refractivity contribution in [2.45, 2.75) is 32.4 Å². The molecule has 0 amide bonds. The Hall–Kier alpha value is -2.20. The summed E-state index contributed by atoms with van der Waals surface area (Å²) in [5.41, 5.74) is 4.47. The molecule has 21 heavy (non-hydrogen) atoms. The number of benzene rings is 1. The molecule has 3 aromatic rings. The quantitative estimate of drug-likeness (QED) is 0.798. The summed E-state index contributed by atoms with van der Waals surface area (Å²) in [6.45, 7) is 2.87. The second-order valence-corrected chi connectivity index (χ2v) is 5.72. The van der Waals surface area contributed by atoms with Crippen LogP contribution in [-0.4, -0.2) is 20.8 Å². The Balaban J connectivity index is 1.80. The normalized spacial score (nSPS) is 14.7. The van der Waals surface area contributed by atoms with E-state index in [0.717, 1.165) is 28.8 Å². The van der Waals surface area contributed by atoms with Crippen molar-refractivity contribution in [1.82, 2.24) is 20.1 Å². The topological polar surface area (TPSA) is 42.7 Å². The zero-order valence-corrected chi connectivity index (χ0v) is 12.1. The highest BCUT2D eigenvalue weighted by Gasteiger charge is 2.21. The van der Waals surface area contributed by atoms with Crippen LogP contribution in [0.5, 0.6) is 0 Å². The van der Waals surface area contributed by atoms with E-state index in [1.54, 1.807) is 0 Å². The Labute approximate surface area is 123 Å². The number of nitrogens with one attached hydrogen (secondary N) is 1. The molecule has 106 valence electrons. The first-order chi connectivity index (χ1) is 10.3. The van der Waals surface area contributed by atoms with Crippen LogP contribution in [0.4, 0.5) is 0 Å². The maximum Gasteiger partial charge on any atom is 0.0741 e. The molecule has 0 unspecified atom stereocenters. The van der Waals surface area contributed by atoms with Gasteiger partial charge in [0.25, 0.3) is 0 Å². The van der Waals surface area contributed by atoms with E-state index in [-0.39, 0.29) is 0 Å². The zero-order valence-electron chi connectivity index (χ0n) is 12.1. The van der Waals surface area contributed by atoms with Crippen molar-refractivity contribution in [3.05, 3.63) is 54.0 Å². The molecule has 1 fully saturated rings. The van der Waals surface area contributed by atoms with E-state index in [1.807, 2.05) is 30.1 Å². The van der Waals surface area contributed by atoms with Gasteiger partial charge in [-0.25, -0.2) is 4.68 Å². The molecule has 2 aromatic heterocycles. The summed E-state index contributed by atoms with van der Waals surface area (Å²) in [6, 6.07) is 11.1. The fourth-order valence-electron chi connectivity index (χ4n) is 2.61. The van der Waals surface area contributed by atoms with Crippen molar-refractivity contribution >= 4 is 10.9 Å². The van der Waals surface area contributed by atoms with Gasteiger partial charge in [-0.15, -0.1) is 0 Å². The smallest absolute Gasteiger partial charge is 0.0741 e. The lowest BCUT2D eigenvalue weighted by molar-refractivity contribution is 0.679. The largest absolute Gasteiger partial charge is 0.310 e. The number of hydrogen-bond acceptors (Lipinski definition) is 3. The third-order valence-electron chi connectivity index (χ3n) is 3.96. The van der Waals surface area contributed by atoms with Gasteiger partial charge in [0.1, 0.15) is 0 Å². The molecule has 0 aliphatic heterocycles. The van der Waals surface area contributed by atoms with E-state index < -0.39 is 0 Å². The van der Waals surface area contributed by atoms with E-state index in [2.05, 4.69) is 39.7 Å². The zero-order chi connectivity index (χ0) is 14.2. The molecule has 2 heterocycles. The molecule has 4 heteroatoms. The van der Waals surface area contributed by atoms with E-state index in [1.165, 1.54) is 18.4 Å². The Bertz CT molecular complexity index is 786. The molecule has 0 radical (unpaired) electrons. The van der Waals surface area contributed by atoms with E-state index >= 15 is 0 Å². The van der Waals surface area contributed by atoms with Crippen molar-refractivity contribution < 1.29 is 0 Å². The molecule has 0 saturated heterocycles. The van der Waals surface area contributed by atoms with Gasteiger partial charge >= 0.3 is 0 Å². The number of nitrogens with zero attached hydrogens (tertiary/aromatic N) is 3. The summed E-state index contributed by atoms with van der Waals surface area (Å²) in [6.07, 6.45) is 6.47. The average Bonchev–Trinajstić information content (AvgIpc) is 3.23. The highest BCUT2D eigenvalue weighted by Crippen LogP contribution is 2.23. The number of rotatable bonds is 4. The van der Waals surface area contributed by atoms with Crippen molar-refractivity contribution in [2.24, 2.45) is 0 Å². The SMILES string of the molecule is Cc1cc(-n2ncc3ccccc32)c(CNC2CC2)cn1. The van der Waals surface area contributed by atoms with Crippen LogP contribution >= 0.6 is 0 Å². The lowest BCUT2D eigenvalue weighted by Gasteiger charge is -2.12. The summed E-state index contributed by atoms with van der Waals surface area (Å²) in [4.78, 5) is 4.45. The second-order valence-electron chi connectivity index (χ2n) is 5.72. The molecule has 4 rings (SSSR count). The molecule has 4 nitrogen and oxygen atoms in total. The summed E-state index contributed by atoms with van der Waals surface area (Å²) in [7, 11) is 0. The van der Waals surface area contributed by atoms with Crippen LogP contribution in [0.1, 0.15) is 24.1 Å². The number of aryl methyl sites for hydroxylation is 1. The number of para-hydroxylation sites is 1. The van der Waals surface area contributed by atoms with Crippen LogP contribution in [-0.2, 0) is 6.54 Å². The molecule has 0 spiro atoms. The van der Waals surface area contributed by atoms with Gasteiger partial charge in [-0.05, 0) is 31.9 Å². The lowest BCUT2D eigenvalue weighted by Crippen LogP contribution is -2.17. The second kappa shape index (κ2) is 4.97. The van der Waals surface area contributed by atoms with Crippen molar-refractivity contribution in [1.29, 1.82) is 0 Å². The van der Waals surface area contributed by atoms with Crippen LogP contribution in [0.25, 0.3) is 16.6 Å². The molecule has 1 N–H and O–H groups in total. The molecule has 1 aromatic carbocycles. The number of pyridine rings is 1. The maximum atomic E-state index is 4.57. The third-order valence-corrected chi connectivity index (χ3v) is 3.96. The number of fused-ring (bicyclic) bond motifs is 1. The fourth-order valence-corrected chi connectivity index (χ4v) is 2.61. The Morgan fingerprint density at radius 2 is 2.10 bits per heavy atom. The minimum absolute atomic E-state index is 0.688. The van der Waals surface area contributed by atoms with E-state index in [9.17, 15) is 0 Å². The number of hydrogen-bond donors (Lipinski definition) is 1. The summed E-state index contributed by atoms with van der Waals surface area (Å²) in [5.74, 6) is 0. The monoisotopic (exact) mass is 278 g/mol. The van der Waals surface area contributed by atoms with Gasteiger partial charge in [-0.3, -0.25) is 4.98 Å². The molecule has 1 aliphatic carbocycles. The van der Waals surface area contributed by atoms with Gasteiger partial charge < -0.3 is 5.32 Å². The summed E-state index contributed by atoms with van der Waals surface area (Å²) < 4.78 is 2.02. The highest BCUT2D eigenvalue weighted by atomic mass is 15.3. The van der Waals surface area contributed by atoms with Gasteiger partial charge in [0.05, 0.1) is 17.4 Å². The predicted octanol–water partition coefficient (Wildman–Crippen LogP) is 2.98. The maximum absolute atomic E-state index is 4.57. The van der Waals surface area contributed by atoms with Gasteiger partial charge in [0.15, 0.2) is 0 Å². The van der Waals surface area contributed by atoms with Crippen molar-refractivity contribution in [2.75, 3.05) is 0 Å². The molecule has 1 aliphatic rings. The van der Waals surface area contributed by atoms with Gasteiger partial charge in [0, 0.05) is 35.4 Å². The molecule has 1 saturated carbocycles. The molecule has 0 atom stereocenters. The van der Waals surface area contributed by atoms with E-state index in [4.69, 9.17) is 0 Å². The average molecular weight is 278 g/mol. The first-order valence-corrected chi connectivity index (χ1v) is 7.43. The van der Waals surface area contributed by atoms with Crippen molar-refractivity contribution in [3.8, 4) is 5.69 Å². The minimum atomic E-state index is 0.688. The standard InChI is InChI=1S/C17H18N4/c1-12-8-17(14(9-18-12)10-19-15-6-7-15)21-16-5-3-2-4-13(16)11-20-21/h2-5,8-9,11,15,19H,6-7,10H2,1H3. The Morgan fingerprint density at radius 3 is 2.95 bits per heavy atom. The van der Waals surface area contributed by atoms with Crippen molar-refractivity contribution in [3.63, 3.8) is 0 Å². The van der Waals surface area contributed by atoms with Gasteiger partial charge in [0.2, 0.25) is 0 Å². The van der Waals surface area contributed by atoms with Crippen LogP contribution < -0.4 is 5.32 Å². The molecular weight excluding hydrogens is 260 g/mol. The van der Waals surface area contributed by atoms with Crippen LogP contribution in [0.3, 0.4) is 0 Å². The first-order valence-electron chi connectivity index (χ1n) is 7.43. The summed E-state index contributed by atoms with van der Waals surface area (Å²) >= 11 is 0. The summed E-state index contributed by atoms with van der Waals surface area (Å²) in [5, 5.41) is 9.29. The Morgan fingerprint density at radius 1 is 1.24 bits per heavy atom. The number of aromatic nitrogens is 3. The fraction of sp³-hybridized carbons (Fsp3) is 0.294. The van der Waals surface area contributed by atoms with Gasteiger partial charge in [-0.2, -0.15) is 5.10 Å². The lowest BCUT2D eigenvalue weighted by atomic mass is 10.2. The minimum Gasteiger partial charge on any atom is -0.310 e. The highest BCUT2D eigenvalue weighted by molar-refractivity contribution is 5.80. The first kappa shape index (κ1) is 12.5. The Kier molecular flexibility index (Phi) is 2.97. The predicted molar refractivity (Wildman–Crippen MR) is 83.5 cm³/mol. The third kappa shape index (κ3) is 2.43. The van der Waals surface area contributed by atoms with Crippen LogP contribution in [0.2, 0.25) is 0 Å². The molecular formula is C17H18N4. The van der Waals surface area contributed by atoms with Crippen LogP contribution in [0.15, 0.2) is 42.7 Å². The van der Waals surface area contributed by atoms with E-state index in [0.29, 0.717) is 6.04 Å².